The van der Waals surface area contributed by atoms with Crippen LogP contribution in [0.15, 0.2) is 91.0 Å². The molecule has 6 aromatic rings. The maximum Gasteiger partial charge on any atom is 0.188 e. The molecule has 0 saturated carbocycles. The van der Waals surface area contributed by atoms with Crippen LogP contribution in [0.5, 0.6) is 0 Å². The third kappa shape index (κ3) is 2.97. The van der Waals surface area contributed by atoms with E-state index in [0.29, 0.717) is 0 Å². The predicted molar refractivity (Wildman–Crippen MR) is 128 cm³/mol. The summed E-state index contributed by atoms with van der Waals surface area (Å²) in [5, 5.41) is 7.02. The molecule has 0 radical (unpaired) electrons. The summed E-state index contributed by atoms with van der Waals surface area (Å²) >= 11 is 3.53. The lowest BCUT2D eigenvalue weighted by atomic mass is 10.0. The minimum atomic E-state index is 0.921. The zero-order chi connectivity index (χ0) is 19.2. The molecule has 0 saturated heterocycles. The number of para-hydroxylation sites is 1. The monoisotopic (exact) mass is 408 g/mol. The standard InChI is InChI=1S/C25H16N2S2/c1-3-7-22-19(5-1)20-15-17(11-14-23(20)28-22)16-9-12-18(13-10-16)26-25-27-21-6-2-4-8-24(21)29-25/h1-15H,(H,26,27). The van der Waals surface area contributed by atoms with Crippen molar-refractivity contribution < 1.29 is 0 Å². The highest BCUT2D eigenvalue weighted by molar-refractivity contribution is 7.25. The van der Waals surface area contributed by atoms with E-state index in [-0.39, 0.29) is 0 Å². The number of thiophene rings is 1. The van der Waals surface area contributed by atoms with E-state index < -0.39 is 0 Å². The van der Waals surface area contributed by atoms with Gasteiger partial charge >= 0.3 is 0 Å². The Morgan fingerprint density at radius 2 is 1.31 bits per heavy atom. The largest absolute Gasteiger partial charge is 0.332 e. The van der Waals surface area contributed by atoms with Crippen LogP contribution in [0.3, 0.4) is 0 Å². The van der Waals surface area contributed by atoms with Crippen LogP contribution in [0.2, 0.25) is 0 Å². The molecule has 2 nitrogen and oxygen atoms in total. The van der Waals surface area contributed by atoms with Gasteiger partial charge in [0.05, 0.1) is 10.2 Å². The quantitative estimate of drug-likeness (QED) is 0.320. The highest BCUT2D eigenvalue weighted by Crippen LogP contribution is 2.36. The van der Waals surface area contributed by atoms with Gasteiger partial charge in [0.15, 0.2) is 5.13 Å². The minimum absolute atomic E-state index is 0.921. The molecular formula is C25H16N2S2. The molecule has 1 N–H and O–H groups in total. The summed E-state index contributed by atoms with van der Waals surface area (Å²) < 4.78 is 3.88. The molecule has 2 heterocycles. The molecule has 0 spiro atoms. The van der Waals surface area contributed by atoms with Crippen molar-refractivity contribution in [1.82, 2.24) is 4.98 Å². The van der Waals surface area contributed by atoms with E-state index in [9.17, 15) is 0 Å². The molecule has 4 aromatic carbocycles. The maximum atomic E-state index is 4.65. The SMILES string of the molecule is c1ccc2sc(Nc3ccc(-c4ccc5sc6ccccc6c5c4)cc3)nc2c1. The number of fused-ring (bicyclic) bond motifs is 4. The Morgan fingerprint density at radius 3 is 2.17 bits per heavy atom. The fraction of sp³-hybridized carbons (Fsp3) is 0. The average Bonchev–Trinajstić information content (AvgIpc) is 3.34. The van der Waals surface area contributed by atoms with Crippen LogP contribution in [-0.4, -0.2) is 4.98 Å². The van der Waals surface area contributed by atoms with Crippen LogP contribution >= 0.6 is 22.7 Å². The summed E-state index contributed by atoms with van der Waals surface area (Å²) in [6.45, 7) is 0. The van der Waals surface area contributed by atoms with E-state index in [1.807, 2.05) is 29.5 Å². The lowest BCUT2D eigenvalue weighted by Crippen LogP contribution is -1.88. The van der Waals surface area contributed by atoms with Gasteiger partial charge in [0, 0.05) is 25.9 Å². The van der Waals surface area contributed by atoms with Crippen LogP contribution < -0.4 is 5.32 Å². The second-order valence-corrected chi connectivity index (χ2v) is 9.11. The molecule has 29 heavy (non-hydrogen) atoms. The number of hydrogen-bond donors (Lipinski definition) is 1. The first-order chi connectivity index (χ1) is 14.3. The normalized spacial score (nSPS) is 11.4. The van der Waals surface area contributed by atoms with E-state index in [2.05, 4.69) is 83.1 Å². The Morgan fingerprint density at radius 1 is 0.586 bits per heavy atom. The number of aromatic nitrogens is 1. The molecule has 0 fully saturated rings. The van der Waals surface area contributed by atoms with Gasteiger partial charge in [-0.1, -0.05) is 59.9 Å². The Balaban J connectivity index is 1.32. The summed E-state index contributed by atoms with van der Waals surface area (Å²) in [6, 6.07) is 32.2. The second kappa shape index (κ2) is 6.69. The molecule has 4 heteroatoms. The third-order valence-electron chi connectivity index (χ3n) is 5.14. The Hall–Kier alpha value is -3.21. The zero-order valence-electron chi connectivity index (χ0n) is 15.4. The molecular weight excluding hydrogens is 392 g/mol. The second-order valence-electron chi connectivity index (χ2n) is 7.00. The molecule has 138 valence electrons. The van der Waals surface area contributed by atoms with Crippen molar-refractivity contribution in [3.05, 3.63) is 91.0 Å². The topological polar surface area (TPSA) is 24.9 Å². The Bertz CT molecular complexity index is 1440. The third-order valence-corrected chi connectivity index (χ3v) is 7.24. The number of nitrogens with one attached hydrogen (secondary N) is 1. The van der Waals surface area contributed by atoms with E-state index >= 15 is 0 Å². The number of anilines is 2. The fourth-order valence-electron chi connectivity index (χ4n) is 3.70. The van der Waals surface area contributed by atoms with Crippen LogP contribution in [0, 0.1) is 0 Å². The minimum Gasteiger partial charge on any atom is -0.332 e. The number of hydrogen-bond acceptors (Lipinski definition) is 4. The van der Waals surface area contributed by atoms with Gasteiger partial charge in [-0.05, 0) is 53.6 Å². The van der Waals surface area contributed by atoms with E-state index in [1.54, 1.807) is 11.3 Å². The highest BCUT2D eigenvalue weighted by Gasteiger charge is 2.07. The van der Waals surface area contributed by atoms with Gasteiger partial charge in [0.1, 0.15) is 0 Å². The molecule has 0 aliphatic heterocycles. The molecule has 0 aliphatic rings. The summed E-state index contributed by atoms with van der Waals surface area (Å²) in [7, 11) is 0. The van der Waals surface area contributed by atoms with Gasteiger partial charge in [0.2, 0.25) is 0 Å². The van der Waals surface area contributed by atoms with Crippen molar-refractivity contribution in [2.75, 3.05) is 5.32 Å². The Kier molecular flexibility index (Phi) is 3.86. The molecule has 0 amide bonds. The van der Waals surface area contributed by atoms with Crippen molar-refractivity contribution in [2.24, 2.45) is 0 Å². The fourth-order valence-corrected chi connectivity index (χ4v) is 5.67. The van der Waals surface area contributed by atoms with Crippen molar-refractivity contribution in [3.63, 3.8) is 0 Å². The first-order valence-corrected chi connectivity index (χ1v) is 11.1. The van der Waals surface area contributed by atoms with E-state index in [0.717, 1.165) is 16.3 Å². The zero-order valence-corrected chi connectivity index (χ0v) is 17.1. The molecule has 0 unspecified atom stereocenters. The first kappa shape index (κ1) is 16.7. The molecule has 0 atom stereocenters. The van der Waals surface area contributed by atoms with Crippen LogP contribution in [-0.2, 0) is 0 Å². The summed E-state index contributed by atoms with van der Waals surface area (Å²) in [5.41, 5.74) is 4.55. The average molecular weight is 409 g/mol. The highest BCUT2D eigenvalue weighted by atomic mass is 32.1. The molecule has 0 bridgehead atoms. The predicted octanol–water partition coefficient (Wildman–Crippen LogP) is 8.07. The van der Waals surface area contributed by atoms with Gasteiger partial charge in [0.25, 0.3) is 0 Å². The number of nitrogens with zero attached hydrogens (tertiary/aromatic N) is 1. The lowest BCUT2D eigenvalue weighted by Gasteiger charge is -2.06. The van der Waals surface area contributed by atoms with Crippen LogP contribution in [0.25, 0.3) is 41.5 Å². The van der Waals surface area contributed by atoms with Crippen molar-refractivity contribution in [3.8, 4) is 11.1 Å². The number of benzene rings is 4. The van der Waals surface area contributed by atoms with Crippen molar-refractivity contribution >= 4 is 63.9 Å². The summed E-state index contributed by atoms with van der Waals surface area (Å²) in [4.78, 5) is 4.65. The Labute approximate surface area is 176 Å². The van der Waals surface area contributed by atoms with Gasteiger partial charge in [-0.3, -0.25) is 0 Å². The number of thiazole rings is 1. The smallest absolute Gasteiger partial charge is 0.188 e. The summed E-state index contributed by atoms with van der Waals surface area (Å²) in [6.07, 6.45) is 0. The van der Waals surface area contributed by atoms with Gasteiger partial charge in [-0.15, -0.1) is 11.3 Å². The number of rotatable bonds is 3. The van der Waals surface area contributed by atoms with Gasteiger partial charge < -0.3 is 5.32 Å². The van der Waals surface area contributed by atoms with E-state index in [1.165, 1.54) is 36.0 Å². The lowest BCUT2D eigenvalue weighted by molar-refractivity contribution is 1.44. The van der Waals surface area contributed by atoms with Crippen molar-refractivity contribution in [2.45, 2.75) is 0 Å². The van der Waals surface area contributed by atoms with E-state index in [4.69, 9.17) is 0 Å². The van der Waals surface area contributed by atoms with Crippen LogP contribution in [0.4, 0.5) is 10.8 Å². The molecule has 6 rings (SSSR count). The maximum absolute atomic E-state index is 4.65. The molecule has 2 aromatic heterocycles. The van der Waals surface area contributed by atoms with Crippen molar-refractivity contribution in [1.29, 1.82) is 0 Å². The van der Waals surface area contributed by atoms with Gasteiger partial charge in [-0.2, -0.15) is 0 Å². The van der Waals surface area contributed by atoms with Crippen LogP contribution in [0.1, 0.15) is 0 Å². The summed E-state index contributed by atoms with van der Waals surface area (Å²) in [5.74, 6) is 0. The molecule has 0 aliphatic carbocycles. The van der Waals surface area contributed by atoms with Gasteiger partial charge in [-0.25, -0.2) is 4.98 Å². The first-order valence-electron chi connectivity index (χ1n) is 9.48.